The van der Waals surface area contributed by atoms with E-state index in [4.69, 9.17) is 18.0 Å². The third kappa shape index (κ3) is 2.82. The maximum absolute atomic E-state index is 12.1. The van der Waals surface area contributed by atoms with Crippen LogP contribution in [0.15, 0.2) is 6.20 Å². The number of anilines is 1. The van der Waals surface area contributed by atoms with Crippen molar-refractivity contribution in [2.24, 2.45) is 18.2 Å². The van der Waals surface area contributed by atoms with E-state index in [1.807, 2.05) is 20.8 Å². The first-order valence-electron chi connectivity index (χ1n) is 5.43. The van der Waals surface area contributed by atoms with Crippen LogP contribution >= 0.6 is 12.2 Å². The Labute approximate surface area is 106 Å². The quantitative estimate of drug-likeness (QED) is 0.797. The highest BCUT2D eigenvalue weighted by Gasteiger charge is 2.27. The number of carbonyl (C=O) groups is 1. The first kappa shape index (κ1) is 13.6. The van der Waals surface area contributed by atoms with E-state index in [0.717, 1.165) is 6.42 Å². The van der Waals surface area contributed by atoms with Crippen LogP contribution in [0.4, 0.5) is 5.82 Å². The largest absolute Gasteiger partial charge is 0.389 e. The molecule has 0 spiro atoms. The number of nitrogens with one attached hydrogen (secondary N) is 1. The third-order valence-corrected chi connectivity index (χ3v) is 3.15. The Morgan fingerprint density at radius 2 is 2.24 bits per heavy atom. The molecule has 0 bridgehead atoms. The molecule has 5 nitrogen and oxygen atoms in total. The maximum Gasteiger partial charge on any atom is 0.231 e. The lowest BCUT2D eigenvalue weighted by Crippen LogP contribution is -2.31. The van der Waals surface area contributed by atoms with Crippen LogP contribution in [-0.4, -0.2) is 20.7 Å². The molecule has 94 valence electrons. The lowest BCUT2D eigenvalue weighted by molar-refractivity contribution is -0.124. The number of nitrogens with two attached hydrogens (primary N) is 1. The molecule has 1 amide bonds. The summed E-state index contributed by atoms with van der Waals surface area (Å²) in [4.78, 5) is 12.3. The van der Waals surface area contributed by atoms with Crippen LogP contribution in [0, 0.1) is 5.41 Å². The standard InChI is InChI=1S/C11H18N4OS/c1-5-11(2,3)10(16)14-9-7(8(12)17)6-13-15(9)4/h6H,5H2,1-4H3,(H2,12,17)(H,14,16). The zero-order valence-electron chi connectivity index (χ0n) is 10.6. The summed E-state index contributed by atoms with van der Waals surface area (Å²) in [5, 5.41) is 6.86. The SMILES string of the molecule is CCC(C)(C)C(=O)Nc1c(C(N)=S)cnn1C. The number of amides is 1. The molecule has 6 heteroatoms. The highest BCUT2D eigenvalue weighted by Crippen LogP contribution is 2.23. The summed E-state index contributed by atoms with van der Waals surface area (Å²) in [5.74, 6) is 0.477. The predicted molar refractivity (Wildman–Crippen MR) is 71.8 cm³/mol. The van der Waals surface area contributed by atoms with Gasteiger partial charge in [0.15, 0.2) is 0 Å². The summed E-state index contributed by atoms with van der Waals surface area (Å²) in [6.07, 6.45) is 2.30. The molecular formula is C11H18N4OS. The summed E-state index contributed by atoms with van der Waals surface area (Å²) < 4.78 is 1.55. The summed E-state index contributed by atoms with van der Waals surface area (Å²) >= 11 is 4.91. The fourth-order valence-corrected chi connectivity index (χ4v) is 1.35. The van der Waals surface area contributed by atoms with Crippen molar-refractivity contribution in [1.82, 2.24) is 9.78 Å². The minimum atomic E-state index is -0.433. The molecule has 0 saturated heterocycles. The smallest absolute Gasteiger partial charge is 0.231 e. The van der Waals surface area contributed by atoms with Crippen LogP contribution in [-0.2, 0) is 11.8 Å². The molecular weight excluding hydrogens is 236 g/mol. The van der Waals surface area contributed by atoms with Crippen molar-refractivity contribution >= 4 is 28.9 Å². The van der Waals surface area contributed by atoms with Gasteiger partial charge in [-0.05, 0) is 6.42 Å². The summed E-state index contributed by atoms with van der Waals surface area (Å²) in [6, 6.07) is 0. The van der Waals surface area contributed by atoms with Gasteiger partial charge in [-0.25, -0.2) is 0 Å². The molecule has 0 saturated carbocycles. The van der Waals surface area contributed by atoms with Crippen molar-refractivity contribution in [3.05, 3.63) is 11.8 Å². The van der Waals surface area contributed by atoms with Crippen LogP contribution in [0.2, 0.25) is 0 Å². The van der Waals surface area contributed by atoms with Crippen LogP contribution in [0.5, 0.6) is 0 Å². The first-order chi connectivity index (χ1) is 7.79. The minimum absolute atomic E-state index is 0.0684. The van der Waals surface area contributed by atoms with E-state index >= 15 is 0 Å². The van der Waals surface area contributed by atoms with Crippen molar-refractivity contribution in [3.63, 3.8) is 0 Å². The van der Waals surface area contributed by atoms with Gasteiger partial charge < -0.3 is 11.1 Å². The number of hydrogen-bond acceptors (Lipinski definition) is 3. The number of hydrogen-bond donors (Lipinski definition) is 2. The Morgan fingerprint density at radius 3 is 2.71 bits per heavy atom. The van der Waals surface area contributed by atoms with Crippen LogP contribution in [0.25, 0.3) is 0 Å². The molecule has 1 rings (SSSR count). The van der Waals surface area contributed by atoms with E-state index in [1.165, 1.54) is 0 Å². The van der Waals surface area contributed by atoms with Gasteiger partial charge in [-0.2, -0.15) is 5.10 Å². The van der Waals surface area contributed by atoms with Gasteiger partial charge in [0.25, 0.3) is 0 Å². The van der Waals surface area contributed by atoms with Crippen LogP contribution in [0.3, 0.4) is 0 Å². The van der Waals surface area contributed by atoms with Gasteiger partial charge in [-0.3, -0.25) is 9.48 Å². The van der Waals surface area contributed by atoms with Crippen LogP contribution < -0.4 is 11.1 Å². The zero-order chi connectivity index (χ0) is 13.2. The van der Waals surface area contributed by atoms with E-state index < -0.39 is 5.41 Å². The summed E-state index contributed by atoms with van der Waals surface area (Å²) in [7, 11) is 1.73. The van der Waals surface area contributed by atoms with E-state index in [1.54, 1.807) is 17.9 Å². The van der Waals surface area contributed by atoms with Crippen molar-refractivity contribution in [3.8, 4) is 0 Å². The second-order valence-electron chi connectivity index (χ2n) is 4.59. The molecule has 1 heterocycles. The van der Waals surface area contributed by atoms with Gasteiger partial charge in [0, 0.05) is 12.5 Å². The average Bonchev–Trinajstić information content (AvgIpc) is 2.60. The molecule has 0 fully saturated rings. The van der Waals surface area contributed by atoms with Crippen molar-refractivity contribution in [2.45, 2.75) is 27.2 Å². The van der Waals surface area contributed by atoms with Crippen molar-refractivity contribution < 1.29 is 4.79 Å². The van der Waals surface area contributed by atoms with E-state index in [0.29, 0.717) is 11.4 Å². The fraction of sp³-hybridized carbons (Fsp3) is 0.545. The molecule has 0 aliphatic carbocycles. The van der Waals surface area contributed by atoms with E-state index in [2.05, 4.69) is 10.4 Å². The molecule has 0 radical (unpaired) electrons. The minimum Gasteiger partial charge on any atom is -0.389 e. The lowest BCUT2D eigenvalue weighted by atomic mass is 9.89. The summed E-state index contributed by atoms with van der Waals surface area (Å²) in [5.41, 5.74) is 5.73. The molecule has 0 unspecified atom stereocenters. The normalized spacial score (nSPS) is 11.3. The number of rotatable bonds is 4. The summed E-state index contributed by atoms with van der Waals surface area (Å²) in [6.45, 7) is 5.75. The van der Waals surface area contributed by atoms with Gasteiger partial charge in [-0.1, -0.05) is 33.0 Å². The Kier molecular flexibility index (Phi) is 3.87. The molecule has 0 aliphatic heterocycles. The topological polar surface area (TPSA) is 72.9 Å². The monoisotopic (exact) mass is 254 g/mol. The Balaban J connectivity index is 3.00. The number of aryl methyl sites for hydroxylation is 1. The highest BCUT2D eigenvalue weighted by molar-refractivity contribution is 7.80. The third-order valence-electron chi connectivity index (χ3n) is 2.93. The number of aromatic nitrogens is 2. The van der Waals surface area contributed by atoms with Crippen LogP contribution in [0.1, 0.15) is 32.8 Å². The molecule has 0 atom stereocenters. The molecule has 1 aromatic heterocycles. The molecule has 0 aromatic carbocycles. The lowest BCUT2D eigenvalue weighted by Gasteiger charge is -2.21. The fourth-order valence-electron chi connectivity index (χ4n) is 1.20. The second kappa shape index (κ2) is 4.83. The van der Waals surface area contributed by atoms with Gasteiger partial charge in [-0.15, -0.1) is 0 Å². The first-order valence-corrected chi connectivity index (χ1v) is 5.83. The molecule has 1 aromatic rings. The van der Waals surface area contributed by atoms with Gasteiger partial charge in [0.05, 0.1) is 11.8 Å². The Morgan fingerprint density at radius 1 is 1.65 bits per heavy atom. The second-order valence-corrected chi connectivity index (χ2v) is 5.03. The number of nitrogens with zero attached hydrogens (tertiary/aromatic N) is 2. The maximum atomic E-state index is 12.1. The average molecular weight is 254 g/mol. The van der Waals surface area contributed by atoms with E-state index in [-0.39, 0.29) is 10.9 Å². The number of carbonyl (C=O) groups excluding carboxylic acids is 1. The molecule has 3 N–H and O–H groups in total. The van der Waals surface area contributed by atoms with Gasteiger partial charge in [0.1, 0.15) is 10.8 Å². The Bertz CT molecular complexity index is 450. The molecule has 17 heavy (non-hydrogen) atoms. The van der Waals surface area contributed by atoms with Crippen molar-refractivity contribution in [2.75, 3.05) is 5.32 Å². The predicted octanol–water partition coefficient (Wildman–Crippen LogP) is 1.43. The molecule has 0 aliphatic rings. The Hall–Kier alpha value is -1.43. The van der Waals surface area contributed by atoms with Gasteiger partial charge in [0.2, 0.25) is 5.91 Å². The van der Waals surface area contributed by atoms with E-state index in [9.17, 15) is 4.79 Å². The van der Waals surface area contributed by atoms with Gasteiger partial charge >= 0.3 is 0 Å². The van der Waals surface area contributed by atoms with Crippen molar-refractivity contribution in [1.29, 1.82) is 0 Å². The highest BCUT2D eigenvalue weighted by atomic mass is 32.1. The number of thiocarbonyl (C=S) groups is 1. The zero-order valence-corrected chi connectivity index (χ0v) is 11.4.